The molecule has 22 heavy (non-hydrogen) atoms. The number of likely N-dealkylation sites (tertiary alicyclic amines) is 1. The molecule has 1 aromatic heterocycles. The smallest absolute Gasteiger partial charge is 0.435 e. The molecule has 2 atom stereocenters. The van der Waals surface area contributed by atoms with E-state index in [4.69, 9.17) is 4.74 Å². The van der Waals surface area contributed by atoms with Gasteiger partial charge in [0.25, 0.3) is 0 Å². The van der Waals surface area contributed by atoms with Gasteiger partial charge in [0.1, 0.15) is 6.10 Å². The van der Waals surface area contributed by atoms with Crippen molar-refractivity contribution < 1.29 is 17.9 Å². The van der Waals surface area contributed by atoms with Gasteiger partial charge in [-0.1, -0.05) is 0 Å². The largest absolute Gasteiger partial charge is 0.497 e. The Hall–Kier alpha value is -1.50. The van der Waals surface area contributed by atoms with Gasteiger partial charge in [-0.2, -0.15) is 18.3 Å². The lowest BCUT2D eigenvalue weighted by atomic mass is 10.0. The second-order valence-electron chi connectivity index (χ2n) is 5.94. The van der Waals surface area contributed by atoms with Crippen molar-refractivity contribution in [3.05, 3.63) is 30.3 Å². The van der Waals surface area contributed by atoms with Gasteiger partial charge in [0.15, 0.2) is 5.69 Å². The minimum absolute atomic E-state index is 0.00369. The number of rotatable bonds is 3. The van der Waals surface area contributed by atoms with Gasteiger partial charge in [0.2, 0.25) is 0 Å². The quantitative estimate of drug-likeness (QED) is 0.858. The monoisotopic (exact) mass is 315 g/mol. The molecule has 1 saturated heterocycles. The lowest BCUT2D eigenvalue weighted by Gasteiger charge is -2.35. The van der Waals surface area contributed by atoms with Crippen LogP contribution in [0.5, 0.6) is 0 Å². The van der Waals surface area contributed by atoms with E-state index in [1.807, 2.05) is 6.08 Å². The second kappa shape index (κ2) is 6.32. The van der Waals surface area contributed by atoms with Crippen LogP contribution in [0.15, 0.2) is 24.6 Å². The molecule has 0 N–H and O–H groups in total. The summed E-state index contributed by atoms with van der Waals surface area (Å²) in [5, 5.41) is 3.71. The van der Waals surface area contributed by atoms with Crippen LogP contribution < -0.4 is 0 Å². The first kappa shape index (κ1) is 15.4. The molecule has 2 aliphatic rings. The summed E-state index contributed by atoms with van der Waals surface area (Å²) in [5.41, 5.74) is -0.814. The van der Waals surface area contributed by atoms with Crippen LogP contribution in [-0.2, 0) is 10.9 Å². The summed E-state index contributed by atoms with van der Waals surface area (Å²) in [6.45, 7) is 2.52. The normalized spacial score (nSPS) is 26.9. The Kier molecular flexibility index (Phi) is 4.42. The van der Waals surface area contributed by atoms with Crippen molar-refractivity contribution in [3.63, 3.8) is 0 Å². The van der Waals surface area contributed by atoms with E-state index in [-0.39, 0.29) is 12.1 Å². The first-order valence-corrected chi connectivity index (χ1v) is 7.67. The van der Waals surface area contributed by atoms with Crippen molar-refractivity contribution in [1.29, 1.82) is 0 Å². The minimum atomic E-state index is -4.37. The minimum Gasteiger partial charge on any atom is -0.497 e. The predicted octanol–water partition coefficient (Wildman–Crippen LogP) is 3.23. The highest BCUT2D eigenvalue weighted by Gasteiger charge is 2.34. The zero-order valence-corrected chi connectivity index (χ0v) is 12.3. The fourth-order valence-corrected chi connectivity index (χ4v) is 3.11. The van der Waals surface area contributed by atoms with Crippen LogP contribution in [0, 0.1) is 0 Å². The van der Waals surface area contributed by atoms with Crippen LogP contribution in [-0.4, -0.2) is 40.4 Å². The van der Waals surface area contributed by atoms with Crippen LogP contribution in [0.2, 0.25) is 0 Å². The molecule has 0 aromatic carbocycles. The fraction of sp³-hybridized carbons (Fsp3) is 0.667. The number of allylic oxidation sites excluding steroid dienone is 1. The molecule has 0 aliphatic carbocycles. The Morgan fingerprint density at radius 2 is 2.18 bits per heavy atom. The van der Waals surface area contributed by atoms with E-state index in [1.165, 1.54) is 10.9 Å². The number of halogens is 3. The van der Waals surface area contributed by atoms with Gasteiger partial charge >= 0.3 is 6.18 Å². The third-order valence-corrected chi connectivity index (χ3v) is 4.24. The molecule has 2 aliphatic heterocycles. The summed E-state index contributed by atoms with van der Waals surface area (Å²) in [7, 11) is 0. The molecular weight excluding hydrogens is 295 g/mol. The number of alkyl halides is 3. The lowest BCUT2D eigenvalue weighted by Crippen LogP contribution is -2.41. The van der Waals surface area contributed by atoms with E-state index < -0.39 is 11.9 Å². The number of hydrogen-bond donors (Lipinski definition) is 0. The predicted molar refractivity (Wildman–Crippen MR) is 75.2 cm³/mol. The van der Waals surface area contributed by atoms with Crippen LogP contribution >= 0.6 is 0 Å². The van der Waals surface area contributed by atoms with E-state index >= 15 is 0 Å². The number of aromatic nitrogens is 2. The Morgan fingerprint density at radius 3 is 2.86 bits per heavy atom. The van der Waals surface area contributed by atoms with Crippen molar-refractivity contribution in [2.45, 2.75) is 44.0 Å². The molecule has 1 fully saturated rings. The Balaban J connectivity index is 1.60. The van der Waals surface area contributed by atoms with Gasteiger partial charge < -0.3 is 4.74 Å². The van der Waals surface area contributed by atoms with E-state index in [1.54, 1.807) is 6.26 Å². The molecule has 0 spiro atoms. The lowest BCUT2D eigenvalue weighted by molar-refractivity contribution is -0.141. The zero-order chi connectivity index (χ0) is 15.6. The topological polar surface area (TPSA) is 30.3 Å². The van der Waals surface area contributed by atoms with Crippen molar-refractivity contribution >= 4 is 0 Å². The molecule has 0 unspecified atom stereocenters. The molecule has 1 aromatic rings. The van der Waals surface area contributed by atoms with Gasteiger partial charge in [0.05, 0.1) is 12.3 Å². The molecule has 0 saturated carbocycles. The average Bonchev–Trinajstić information content (AvgIpc) is 2.99. The number of piperidine rings is 1. The summed E-state index contributed by atoms with van der Waals surface area (Å²) < 4.78 is 45.0. The Morgan fingerprint density at radius 1 is 1.32 bits per heavy atom. The summed E-state index contributed by atoms with van der Waals surface area (Å²) in [4.78, 5) is 2.27. The van der Waals surface area contributed by atoms with Crippen LogP contribution in [0.25, 0.3) is 0 Å². The summed E-state index contributed by atoms with van der Waals surface area (Å²) in [6, 6.07) is 1.05. The van der Waals surface area contributed by atoms with Crippen LogP contribution in [0.4, 0.5) is 13.2 Å². The summed E-state index contributed by atoms with van der Waals surface area (Å²) in [6.07, 6.45) is 4.87. The highest BCUT2D eigenvalue weighted by Crippen LogP contribution is 2.29. The highest BCUT2D eigenvalue weighted by atomic mass is 19.4. The van der Waals surface area contributed by atoms with E-state index in [2.05, 4.69) is 10.00 Å². The Labute approximate surface area is 127 Å². The molecule has 0 radical (unpaired) electrons. The van der Waals surface area contributed by atoms with E-state index in [9.17, 15) is 13.2 Å². The van der Waals surface area contributed by atoms with Gasteiger partial charge in [-0.15, -0.1) is 0 Å². The number of nitrogens with zero attached hydrogens (tertiary/aromatic N) is 3. The van der Waals surface area contributed by atoms with Gasteiger partial charge in [-0.05, 0) is 44.4 Å². The van der Waals surface area contributed by atoms with E-state index in [0.717, 1.165) is 51.4 Å². The number of hydrogen-bond acceptors (Lipinski definition) is 3. The molecule has 122 valence electrons. The maximum absolute atomic E-state index is 12.6. The maximum atomic E-state index is 12.6. The fourth-order valence-electron chi connectivity index (χ4n) is 3.11. The maximum Gasteiger partial charge on any atom is 0.435 e. The molecule has 0 amide bonds. The van der Waals surface area contributed by atoms with E-state index in [0.29, 0.717) is 0 Å². The average molecular weight is 315 g/mol. The van der Waals surface area contributed by atoms with Crippen molar-refractivity contribution in [2.24, 2.45) is 0 Å². The van der Waals surface area contributed by atoms with Gasteiger partial charge in [-0.25, -0.2) is 0 Å². The van der Waals surface area contributed by atoms with Crippen molar-refractivity contribution in [1.82, 2.24) is 14.7 Å². The summed E-state index contributed by atoms with van der Waals surface area (Å²) >= 11 is 0. The first-order valence-electron chi connectivity index (χ1n) is 7.67. The summed E-state index contributed by atoms with van der Waals surface area (Å²) in [5.74, 6) is 0. The molecule has 4 nitrogen and oxygen atoms in total. The third-order valence-electron chi connectivity index (χ3n) is 4.24. The highest BCUT2D eigenvalue weighted by molar-refractivity contribution is 5.04. The standard InChI is InChI=1S/C15H20F3N3O/c16-15(17,18)14-6-8-21(19-14)12-4-3-7-20(10-12)11-13-5-1-2-9-22-13/h2,6,8-9,12-13H,1,3-5,7,10-11H2/t12-,13+/m1/s1. The van der Waals surface area contributed by atoms with Gasteiger partial charge in [-0.3, -0.25) is 9.58 Å². The SMILES string of the molecule is FC(F)(F)c1ccn([C@@H]2CCCN(C[C@@H]3CCC=CO3)C2)n1. The molecule has 3 heterocycles. The Bertz CT molecular complexity index is 526. The molecule has 0 bridgehead atoms. The second-order valence-corrected chi connectivity index (χ2v) is 5.94. The first-order chi connectivity index (χ1) is 10.5. The third kappa shape index (κ3) is 3.63. The molecule has 3 rings (SSSR count). The molecular formula is C15H20F3N3O. The molecule has 7 heteroatoms. The van der Waals surface area contributed by atoms with Crippen molar-refractivity contribution in [2.75, 3.05) is 19.6 Å². The van der Waals surface area contributed by atoms with Gasteiger partial charge in [0, 0.05) is 19.3 Å². The van der Waals surface area contributed by atoms with Crippen molar-refractivity contribution in [3.8, 4) is 0 Å². The van der Waals surface area contributed by atoms with Crippen LogP contribution in [0.3, 0.4) is 0 Å². The zero-order valence-electron chi connectivity index (χ0n) is 12.3. The number of ether oxygens (including phenoxy) is 1. The van der Waals surface area contributed by atoms with Crippen LogP contribution in [0.1, 0.15) is 37.4 Å².